The van der Waals surface area contributed by atoms with Crippen LogP contribution in [0.15, 0.2) is 24.3 Å². The standard InChI is InChI=1S/C15H15NO6/c1-8(14(19)22-9(2)15(20)21-3)16-12(17)10-6-4-5-7-11(10)13(16)18/h4-9H,1-3H3/t8-,9-/m0/s1. The zero-order valence-corrected chi connectivity index (χ0v) is 12.4. The molecule has 0 saturated heterocycles. The first-order valence-electron chi connectivity index (χ1n) is 6.63. The summed E-state index contributed by atoms with van der Waals surface area (Å²) in [6.07, 6.45) is -1.12. The number of rotatable bonds is 4. The van der Waals surface area contributed by atoms with Crippen molar-refractivity contribution in [2.45, 2.75) is 26.0 Å². The topological polar surface area (TPSA) is 90.0 Å². The minimum atomic E-state index is -1.14. The summed E-state index contributed by atoms with van der Waals surface area (Å²) in [5, 5.41) is 0. The van der Waals surface area contributed by atoms with Gasteiger partial charge in [0, 0.05) is 0 Å². The molecule has 0 N–H and O–H groups in total. The van der Waals surface area contributed by atoms with Crippen molar-refractivity contribution in [2.24, 2.45) is 0 Å². The van der Waals surface area contributed by atoms with Crippen LogP contribution in [0.1, 0.15) is 34.6 Å². The first-order chi connectivity index (χ1) is 10.4. The summed E-state index contributed by atoms with van der Waals surface area (Å²) in [5.41, 5.74) is 0.487. The molecule has 0 aromatic heterocycles. The van der Waals surface area contributed by atoms with Gasteiger partial charge < -0.3 is 9.47 Å². The predicted octanol–water partition coefficient (Wildman–Crippen LogP) is 0.776. The average molecular weight is 305 g/mol. The highest BCUT2D eigenvalue weighted by Crippen LogP contribution is 2.24. The summed E-state index contributed by atoms with van der Waals surface area (Å²) in [4.78, 5) is 48.6. The number of ether oxygens (including phenoxy) is 2. The highest BCUT2D eigenvalue weighted by atomic mass is 16.6. The molecule has 0 bridgehead atoms. The molecule has 22 heavy (non-hydrogen) atoms. The van der Waals surface area contributed by atoms with Gasteiger partial charge in [0.25, 0.3) is 11.8 Å². The number of esters is 2. The van der Waals surface area contributed by atoms with Gasteiger partial charge in [-0.2, -0.15) is 0 Å². The molecule has 1 aromatic carbocycles. The molecule has 2 amide bonds. The first-order valence-corrected chi connectivity index (χ1v) is 6.63. The van der Waals surface area contributed by atoms with E-state index in [2.05, 4.69) is 4.74 Å². The van der Waals surface area contributed by atoms with Gasteiger partial charge in [0.2, 0.25) is 0 Å². The minimum absolute atomic E-state index is 0.244. The molecule has 2 atom stereocenters. The third-order valence-electron chi connectivity index (χ3n) is 3.38. The molecule has 0 fully saturated rings. The van der Waals surface area contributed by atoms with E-state index in [0.29, 0.717) is 0 Å². The van der Waals surface area contributed by atoms with Gasteiger partial charge in [0.15, 0.2) is 6.10 Å². The van der Waals surface area contributed by atoms with Crippen molar-refractivity contribution < 1.29 is 28.7 Å². The second-order valence-electron chi connectivity index (χ2n) is 4.80. The van der Waals surface area contributed by atoms with E-state index >= 15 is 0 Å². The van der Waals surface area contributed by atoms with Crippen LogP contribution in [0.3, 0.4) is 0 Å². The normalized spacial score (nSPS) is 16.0. The lowest BCUT2D eigenvalue weighted by Crippen LogP contribution is -2.45. The van der Waals surface area contributed by atoms with Gasteiger partial charge in [-0.25, -0.2) is 9.59 Å². The second-order valence-corrected chi connectivity index (χ2v) is 4.80. The van der Waals surface area contributed by atoms with E-state index in [4.69, 9.17) is 4.74 Å². The molecule has 116 valence electrons. The lowest BCUT2D eigenvalue weighted by molar-refractivity contribution is -0.166. The molecule has 1 aliphatic heterocycles. The minimum Gasteiger partial charge on any atom is -0.466 e. The number of carbonyl (C=O) groups is 4. The molecule has 0 spiro atoms. The lowest BCUT2D eigenvalue weighted by atomic mass is 10.1. The van der Waals surface area contributed by atoms with Crippen LogP contribution in [0.5, 0.6) is 0 Å². The van der Waals surface area contributed by atoms with E-state index < -0.39 is 35.9 Å². The maximum atomic E-state index is 12.2. The highest BCUT2D eigenvalue weighted by Gasteiger charge is 2.41. The summed E-state index contributed by atoms with van der Waals surface area (Å²) < 4.78 is 9.36. The Morgan fingerprint density at radius 2 is 1.50 bits per heavy atom. The molecule has 0 aliphatic carbocycles. The van der Waals surface area contributed by atoms with Gasteiger partial charge in [0.05, 0.1) is 18.2 Å². The van der Waals surface area contributed by atoms with Crippen molar-refractivity contribution >= 4 is 23.8 Å². The Morgan fingerprint density at radius 1 is 1.00 bits per heavy atom. The third-order valence-corrected chi connectivity index (χ3v) is 3.38. The number of carbonyl (C=O) groups excluding carboxylic acids is 4. The van der Waals surface area contributed by atoms with Gasteiger partial charge in [-0.3, -0.25) is 14.5 Å². The summed E-state index contributed by atoms with van der Waals surface area (Å²) >= 11 is 0. The molecule has 7 heteroatoms. The Labute approximate surface area is 126 Å². The maximum absolute atomic E-state index is 12.2. The predicted molar refractivity (Wildman–Crippen MR) is 74.0 cm³/mol. The molecule has 2 rings (SSSR count). The van der Waals surface area contributed by atoms with E-state index in [-0.39, 0.29) is 11.1 Å². The largest absolute Gasteiger partial charge is 0.466 e. The van der Waals surface area contributed by atoms with Crippen molar-refractivity contribution in [3.63, 3.8) is 0 Å². The molecule has 0 radical (unpaired) electrons. The molecule has 1 heterocycles. The van der Waals surface area contributed by atoms with E-state index in [1.54, 1.807) is 12.1 Å². The van der Waals surface area contributed by atoms with Crippen LogP contribution in [-0.2, 0) is 19.1 Å². The van der Waals surface area contributed by atoms with Crippen LogP contribution in [0.25, 0.3) is 0 Å². The molecule has 1 aromatic rings. The smallest absolute Gasteiger partial charge is 0.346 e. The molecule has 1 aliphatic rings. The zero-order chi connectivity index (χ0) is 16.4. The SMILES string of the molecule is COC(=O)[C@H](C)OC(=O)[C@H](C)N1C(=O)c2ccccc2C1=O. The quantitative estimate of drug-likeness (QED) is 0.603. The number of amides is 2. The van der Waals surface area contributed by atoms with Crippen molar-refractivity contribution in [1.82, 2.24) is 4.90 Å². The Kier molecular flexibility index (Phi) is 4.25. The zero-order valence-electron chi connectivity index (χ0n) is 12.4. The number of methoxy groups -OCH3 is 1. The van der Waals surface area contributed by atoms with Crippen molar-refractivity contribution in [3.05, 3.63) is 35.4 Å². The van der Waals surface area contributed by atoms with Gasteiger partial charge in [-0.05, 0) is 26.0 Å². The Morgan fingerprint density at radius 3 is 1.95 bits per heavy atom. The van der Waals surface area contributed by atoms with Crippen molar-refractivity contribution in [3.8, 4) is 0 Å². The number of nitrogens with zero attached hydrogens (tertiary/aromatic N) is 1. The second kappa shape index (κ2) is 5.97. The fourth-order valence-corrected chi connectivity index (χ4v) is 2.15. The summed E-state index contributed by atoms with van der Waals surface area (Å²) in [6.45, 7) is 2.72. The van der Waals surface area contributed by atoms with Crippen LogP contribution < -0.4 is 0 Å². The summed E-state index contributed by atoms with van der Waals surface area (Å²) in [5.74, 6) is -2.69. The van der Waals surface area contributed by atoms with E-state index in [1.165, 1.54) is 33.1 Å². The molecular formula is C15H15NO6. The molecular weight excluding hydrogens is 290 g/mol. The number of benzene rings is 1. The van der Waals surface area contributed by atoms with Gasteiger partial charge >= 0.3 is 11.9 Å². The van der Waals surface area contributed by atoms with Crippen molar-refractivity contribution in [2.75, 3.05) is 7.11 Å². The average Bonchev–Trinajstić information content (AvgIpc) is 2.77. The Bertz CT molecular complexity index is 618. The summed E-state index contributed by atoms with van der Waals surface area (Å²) in [7, 11) is 1.17. The van der Waals surface area contributed by atoms with E-state index in [9.17, 15) is 19.2 Å². The fourth-order valence-electron chi connectivity index (χ4n) is 2.15. The molecule has 0 saturated carbocycles. The van der Waals surface area contributed by atoms with Crippen LogP contribution >= 0.6 is 0 Å². The third kappa shape index (κ3) is 2.57. The van der Waals surface area contributed by atoms with Crippen LogP contribution in [0.2, 0.25) is 0 Å². The molecule has 7 nitrogen and oxygen atoms in total. The number of hydrogen-bond acceptors (Lipinski definition) is 6. The van der Waals surface area contributed by atoms with Crippen LogP contribution in [0.4, 0.5) is 0 Å². The van der Waals surface area contributed by atoms with Crippen LogP contribution in [-0.4, -0.2) is 47.9 Å². The number of fused-ring (bicyclic) bond motifs is 1. The Balaban J connectivity index is 2.16. The van der Waals surface area contributed by atoms with Gasteiger partial charge in [0.1, 0.15) is 6.04 Å². The Hall–Kier alpha value is -2.70. The maximum Gasteiger partial charge on any atom is 0.346 e. The van der Waals surface area contributed by atoms with Gasteiger partial charge in [-0.15, -0.1) is 0 Å². The monoisotopic (exact) mass is 305 g/mol. The first kappa shape index (κ1) is 15.7. The number of hydrogen-bond donors (Lipinski definition) is 0. The summed E-state index contributed by atoms with van der Waals surface area (Å²) in [6, 6.07) is 5.17. The van der Waals surface area contributed by atoms with Gasteiger partial charge in [-0.1, -0.05) is 12.1 Å². The number of imide groups is 1. The van der Waals surface area contributed by atoms with E-state index in [0.717, 1.165) is 4.90 Å². The van der Waals surface area contributed by atoms with Crippen molar-refractivity contribution in [1.29, 1.82) is 0 Å². The highest BCUT2D eigenvalue weighted by molar-refractivity contribution is 6.22. The fraction of sp³-hybridized carbons (Fsp3) is 0.333. The van der Waals surface area contributed by atoms with Crippen LogP contribution in [0, 0.1) is 0 Å². The van der Waals surface area contributed by atoms with E-state index in [1.807, 2.05) is 0 Å². The lowest BCUT2D eigenvalue weighted by Gasteiger charge is -2.22. The molecule has 0 unspecified atom stereocenters.